The summed E-state index contributed by atoms with van der Waals surface area (Å²) in [5.74, 6) is 1.05. The second-order valence-electron chi connectivity index (χ2n) is 7.37. The van der Waals surface area contributed by atoms with Crippen LogP contribution in [0.5, 0.6) is 0 Å². The van der Waals surface area contributed by atoms with Crippen LogP contribution in [0, 0.1) is 0 Å². The van der Waals surface area contributed by atoms with E-state index in [2.05, 4.69) is 28.9 Å². The fourth-order valence-corrected chi connectivity index (χ4v) is 5.22. The van der Waals surface area contributed by atoms with Gasteiger partial charge in [0.25, 0.3) is 0 Å². The Bertz CT molecular complexity index is 1220. The number of hydrogen-bond acceptors (Lipinski definition) is 8. The summed E-state index contributed by atoms with van der Waals surface area (Å²) in [6.45, 7) is 7.58. The summed E-state index contributed by atoms with van der Waals surface area (Å²) in [6, 6.07) is 8.36. The molecule has 1 aliphatic rings. The molecule has 1 aliphatic heterocycles. The average molecular weight is 447 g/mol. The molecule has 0 radical (unpaired) electrons. The minimum atomic E-state index is -3.68. The molecule has 2 aromatic heterocycles. The van der Waals surface area contributed by atoms with Crippen molar-refractivity contribution < 1.29 is 12.8 Å². The molecule has 3 aromatic rings. The van der Waals surface area contributed by atoms with Crippen LogP contribution >= 0.6 is 0 Å². The second kappa shape index (κ2) is 8.31. The maximum absolute atomic E-state index is 13.1. The van der Waals surface area contributed by atoms with Gasteiger partial charge < -0.3 is 14.2 Å². The number of oxazole rings is 1. The molecular weight excluding hydrogens is 420 g/mol. The van der Waals surface area contributed by atoms with Crippen LogP contribution in [0.15, 0.2) is 44.4 Å². The maximum atomic E-state index is 13.1. The first kappa shape index (κ1) is 21.3. The highest BCUT2D eigenvalue weighted by atomic mass is 32.2. The predicted molar refractivity (Wildman–Crippen MR) is 118 cm³/mol. The molecule has 166 valence electrons. The SMILES string of the molecule is CCN(CC)c1ccc(N2CCN(S(=O)(=O)c3ccc4oc(=O)n(C)c4c3)CC2)nn1. The maximum Gasteiger partial charge on any atom is 0.419 e. The van der Waals surface area contributed by atoms with Crippen LogP contribution in [-0.4, -0.2) is 66.8 Å². The van der Waals surface area contributed by atoms with E-state index in [0.717, 1.165) is 24.7 Å². The van der Waals surface area contributed by atoms with Crippen LogP contribution < -0.4 is 15.6 Å². The van der Waals surface area contributed by atoms with E-state index in [1.807, 2.05) is 17.0 Å². The van der Waals surface area contributed by atoms with Gasteiger partial charge in [-0.15, -0.1) is 10.2 Å². The Hall–Kier alpha value is -2.92. The van der Waals surface area contributed by atoms with Gasteiger partial charge in [0.05, 0.1) is 10.4 Å². The van der Waals surface area contributed by atoms with Crippen LogP contribution in [0.4, 0.5) is 11.6 Å². The van der Waals surface area contributed by atoms with Crippen LogP contribution in [0.2, 0.25) is 0 Å². The van der Waals surface area contributed by atoms with Crippen LogP contribution in [0.3, 0.4) is 0 Å². The van der Waals surface area contributed by atoms with Gasteiger partial charge in [0.15, 0.2) is 17.2 Å². The molecule has 1 fully saturated rings. The largest absolute Gasteiger partial charge is 0.419 e. The van der Waals surface area contributed by atoms with Crippen LogP contribution in [0.25, 0.3) is 11.1 Å². The predicted octanol–water partition coefficient (Wildman–Crippen LogP) is 1.28. The molecular formula is C20H26N6O4S. The average Bonchev–Trinajstić information content (AvgIpc) is 3.08. The molecule has 1 aromatic carbocycles. The summed E-state index contributed by atoms with van der Waals surface area (Å²) < 4.78 is 34.1. The summed E-state index contributed by atoms with van der Waals surface area (Å²) in [5, 5.41) is 8.65. The molecule has 0 unspecified atom stereocenters. The lowest BCUT2D eigenvalue weighted by Gasteiger charge is -2.34. The topological polar surface area (TPSA) is 105 Å². The highest BCUT2D eigenvalue weighted by molar-refractivity contribution is 7.89. The molecule has 10 nitrogen and oxygen atoms in total. The van der Waals surface area contributed by atoms with E-state index in [4.69, 9.17) is 4.42 Å². The first-order valence-corrected chi connectivity index (χ1v) is 11.7. The number of rotatable bonds is 6. The fraction of sp³-hybridized carbons (Fsp3) is 0.450. The molecule has 3 heterocycles. The van der Waals surface area contributed by atoms with Gasteiger partial charge in [-0.25, -0.2) is 13.2 Å². The molecule has 0 atom stereocenters. The first-order chi connectivity index (χ1) is 14.8. The lowest BCUT2D eigenvalue weighted by Crippen LogP contribution is -2.49. The summed E-state index contributed by atoms with van der Waals surface area (Å²) >= 11 is 0. The standard InChI is InChI=1S/C20H26N6O4S/c1-4-24(5-2)18-8-9-19(22-21-18)25-10-12-26(13-11-25)31(28,29)15-6-7-17-16(14-15)23(3)20(27)30-17/h6-9,14H,4-5,10-13H2,1-3H3. The smallest absolute Gasteiger partial charge is 0.408 e. The van der Waals surface area contributed by atoms with Crippen molar-refractivity contribution in [2.75, 3.05) is 49.1 Å². The van der Waals surface area contributed by atoms with Crippen molar-refractivity contribution in [3.8, 4) is 0 Å². The Morgan fingerprint density at radius 1 is 1.03 bits per heavy atom. The number of aryl methyl sites for hydroxylation is 1. The number of aromatic nitrogens is 3. The summed E-state index contributed by atoms with van der Waals surface area (Å²) in [4.78, 5) is 16.0. The zero-order valence-electron chi connectivity index (χ0n) is 17.9. The van der Waals surface area contributed by atoms with E-state index in [1.54, 1.807) is 7.05 Å². The van der Waals surface area contributed by atoms with Crippen LogP contribution in [-0.2, 0) is 17.1 Å². The van der Waals surface area contributed by atoms with Gasteiger partial charge in [-0.2, -0.15) is 4.31 Å². The molecule has 31 heavy (non-hydrogen) atoms. The van der Waals surface area contributed by atoms with Gasteiger partial charge in [0, 0.05) is 46.3 Å². The third-order valence-electron chi connectivity index (χ3n) is 5.69. The Kier molecular flexibility index (Phi) is 5.71. The Balaban J connectivity index is 1.48. The number of anilines is 2. The van der Waals surface area contributed by atoms with E-state index >= 15 is 0 Å². The van der Waals surface area contributed by atoms with Gasteiger partial charge in [-0.3, -0.25) is 4.57 Å². The van der Waals surface area contributed by atoms with Gasteiger partial charge in [-0.05, 0) is 44.2 Å². The van der Waals surface area contributed by atoms with Crippen molar-refractivity contribution in [1.82, 2.24) is 19.1 Å². The van der Waals surface area contributed by atoms with E-state index in [0.29, 0.717) is 37.3 Å². The Morgan fingerprint density at radius 2 is 1.74 bits per heavy atom. The van der Waals surface area contributed by atoms with Crippen LogP contribution in [0.1, 0.15) is 13.8 Å². The molecule has 0 saturated carbocycles. The first-order valence-electron chi connectivity index (χ1n) is 10.3. The molecule has 0 bridgehead atoms. The summed E-state index contributed by atoms with van der Waals surface area (Å²) in [5.41, 5.74) is 0.816. The van der Waals surface area contributed by atoms with Crippen molar-refractivity contribution in [2.45, 2.75) is 18.7 Å². The number of hydrogen-bond donors (Lipinski definition) is 0. The third-order valence-corrected chi connectivity index (χ3v) is 7.58. The lowest BCUT2D eigenvalue weighted by atomic mass is 10.3. The number of fused-ring (bicyclic) bond motifs is 1. The van der Waals surface area contributed by atoms with Gasteiger partial charge >= 0.3 is 5.76 Å². The van der Waals surface area contributed by atoms with Gasteiger partial charge in [0.2, 0.25) is 10.0 Å². The highest BCUT2D eigenvalue weighted by Gasteiger charge is 2.29. The van der Waals surface area contributed by atoms with E-state index in [-0.39, 0.29) is 4.90 Å². The minimum absolute atomic E-state index is 0.146. The fourth-order valence-electron chi connectivity index (χ4n) is 3.78. The number of piperazine rings is 1. The summed E-state index contributed by atoms with van der Waals surface area (Å²) in [7, 11) is -2.13. The molecule has 0 amide bonds. The van der Waals surface area contributed by atoms with Crippen molar-refractivity contribution in [2.24, 2.45) is 7.05 Å². The van der Waals surface area contributed by atoms with Crippen molar-refractivity contribution in [3.63, 3.8) is 0 Å². The molecule has 4 rings (SSSR count). The van der Waals surface area contributed by atoms with Crippen molar-refractivity contribution in [1.29, 1.82) is 0 Å². The van der Waals surface area contributed by atoms with Gasteiger partial charge in [0.1, 0.15) is 0 Å². The van der Waals surface area contributed by atoms with E-state index in [9.17, 15) is 13.2 Å². The molecule has 1 saturated heterocycles. The zero-order chi connectivity index (χ0) is 22.2. The highest BCUT2D eigenvalue weighted by Crippen LogP contribution is 2.23. The number of nitrogens with zero attached hydrogens (tertiary/aromatic N) is 6. The van der Waals surface area contributed by atoms with Crippen molar-refractivity contribution in [3.05, 3.63) is 40.9 Å². The number of benzene rings is 1. The molecule has 0 spiro atoms. The molecule has 0 aliphatic carbocycles. The quantitative estimate of drug-likeness (QED) is 0.558. The second-order valence-corrected chi connectivity index (χ2v) is 9.31. The normalized spacial score (nSPS) is 15.5. The zero-order valence-corrected chi connectivity index (χ0v) is 18.7. The van der Waals surface area contributed by atoms with Crippen molar-refractivity contribution >= 4 is 32.8 Å². The molecule has 11 heteroatoms. The van der Waals surface area contributed by atoms with E-state index < -0.39 is 15.8 Å². The third kappa shape index (κ3) is 3.90. The van der Waals surface area contributed by atoms with E-state index in [1.165, 1.54) is 27.1 Å². The Labute approximate surface area is 180 Å². The summed E-state index contributed by atoms with van der Waals surface area (Å²) in [6.07, 6.45) is 0. The van der Waals surface area contributed by atoms with Gasteiger partial charge in [-0.1, -0.05) is 0 Å². The molecule has 0 N–H and O–H groups in total. The Morgan fingerprint density at radius 3 is 2.35 bits per heavy atom. The monoisotopic (exact) mass is 446 g/mol. The minimum Gasteiger partial charge on any atom is -0.408 e. The lowest BCUT2D eigenvalue weighted by molar-refractivity contribution is 0.383. The number of sulfonamides is 1.